The molecule has 0 radical (unpaired) electrons. The summed E-state index contributed by atoms with van der Waals surface area (Å²) in [4.78, 5) is 1.91. The van der Waals surface area contributed by atoms with E-state index in [-0.39, 0.29) is 0 Å². The van der Waals surface area contributed by atoms with Crippen molar-refractivity contribution >= 4 is 46.3 Å². The molecule has 17 heavy (non-hydrogen) atoms. The number of anilines is 2. The molecule has 0 aliphatic carbocycles. The van der Waals surface area contributed by atoms with E-state index in [2.05, 4.69) is 0 Å². The van der Waals surface area contributed by atoms with Crippen molar-refractivity contribution in [3.63, 3.8) is 0 Å². The van der Waals surface area contributed by atoms with Gasteiger partial charge in [-0.3, -0.25) is 0 Å². The Morgan fingerprint density at radius 1 is 0.882 bits per heavy atom. The molecule has 2 aromatic rings. The minimum Gasteiger partial charge on any atom is -0.399 e. The van der Waals surface area contributed by atoms with Crippen molar-refractivity contribution in [3.05, 3.63) is 46.4 Å². The maximum absolute atomic E-state index is 6.09. The molecule has 0 amide bonds. The van der Waals surface area contributed by atoms with Gasteiger partial charge in [0.1, 0.15) is 0 Å². The molecule has 4 N–H and O–H groups in total. The molecule has 2 nitrogen and oxygen atoms in total. The third kappa shape index (κ3) is 3.00. The molecular formula is C12H10Cl2N2S. The number of halogens is 2. The second-order valence-electron chi connectivity index (χ2n) is 3.48. The zero-order chi connectivity index (χ0) is 12.4. The normalized spacial score (nSPS) is 10.5. The molecule has 0 unspecified atom stereocenters. The van der Waals surface area contributed by atoms with E-state index in [9.17, 15) is 0 Å². The maximum Gasteiger partial charge on any atom is 0.0646 e. The van der Waals surface area contributed by atoms with Crippen LogP contribution >= 0.6 is 35.0 Å². The lowest BCUT2D eigenvalue weighted by atomic mass is 10.3. The molecular weight excluding hydrogens is 275 g/mol. The predicted octanol–water partition coefficient (Wildman–Crippen LogP) is 4.31. The lowest BCUT2D eigenvalue weighted by Gasteiger charge is -2.06. The Balaban J connectivity index is 2.28. The smallest absolute Gasteiger partial charge is 0.0646 e. The summed E-state index contributed by atoms with van der Waals surface area (Å²) in [5, 5.41) is 1.17. The lowest BCUT2D eigenvalue weighted by Crippen LogP contribution is -1.86. The quantitative estimate of drug-likeness (QED) is 0.808. The Bertz CT molecular complexity index is 558. The highest BCUT2D eigenvalue weighted by molar-refractivity contribution is 7.99. The lowest BCUT2D eigenvalue weighted by molar-refractivity contribution is 1.41. The van der Waals surface area contributed by atoms with Gasteiger partial charge in [0.25, 0.3) is 0 Å². The number of nitrogens with two attached hydrogens (primary N) is 2. The van der Waals surface area contributed by atoms with Gasteiger partial charge in [-0.2, -0.15) is 0 Å². The Hall–Kier alpha value is -1.03. The third-order valence-corrected chi connectivity index (χ3v) is 3.97. The number of benzene rings is 2. The highest BCUT2D eigenvalue weighted by Gasteiger charge is 2.05. The van der Waals surface area contributed by atoms with Crippen LogP contribution in [-0.2, 0) is 0 Å². The highest BCUT2D eigenvalue weighted by atomic mass is 35.5. The van der Waals surface area contributed by atoms with Crippen molar-refractivity contribution in [2.45, 2.75) is 9.79 Å². The van der Waals surface area contributed by atoms with Crippen molar-refractivity contribution in [2.24, 2.45) is 0 Å². The second-order valence-corrected chi connectivity index (χ2v) is 5.40. The Morgan fingerprint density at radius 3 is 2.29 bits per heavy atom. The van der Waals surface area contributed by atoms with Gasteiger partial charge in [0.15, 0.2) is 0 Å². The van der Waals surface area contributed by atoms with E-state index >= 15 is 0 Å². The summed E-state index contributed by atoms with van der Waals surface area (Å²) in [5.41, 5.74) is 12.5. The minimum atomic E-state index is 0.543. The van der Waals surface area contributed by atoms with E-state index in [1.54, 1.807) is 12.1 Å². The predicted molar refractivity (Wildman–Crippen MR) is 75.9 cm³/mol. The van der Waals surface area contributed by atoms with Crippen LogP contribution in [0.4, 0.5) is 11.4 Å². The number of hydrogen-bond acceptors (Lipinski definition) is 3. The first-order valence-electron chi connectivity index (χ1n) is 4.84. The van der Waals surface area contributed by atoms with Gasteiger partial charge in [-0.15, -0.1) is 0 Å². The molecule has 5 heteroatoms. The van der Waals surface area contributed by atoms with Gasteiger partial charge in [0.05, 0.1) is 15.7 Å². The summed E-state index contributed by atoms with van der Waals surface area (Å²) < 4.78 is 0. The molecule has 88 valence electrons. The van der Waals surface area contributed by atoms with E-state index < -0.39 is 0 Å². The van der Waals surface area contributed by atoms with E-state index in [1.807, 2.05) is 24.3 Å². The minimum absolute atomic E-state index is 0.543. The van der Waals surface area contributed by atoms with Gasteiger partial charge in [-0.05, 0) is 36.4 Å². The van der Waals surface area contributed by atoms with Gasteiger partial charge in [0, 0.05) is 15.5 Å². The van der Waals surface area contributed by atoms with Gasteiger partial charge >= 0.3 is 0 Å². The van der Waals surface area contributed by atoms with Gasteiger partial charge in [-0.1, -0.05) is 35.0 Å². The fraction of sp³-hybridized carbons (Fsp3) is 0. The van der Waals surface area contributed by atoms with Gasteiger partial charge in [0.2, 0.25) is 0 Å². The monoisotopic (exact) mass is 284 g/mol. The average Bonchev–Trinajstić information content (AvgIpc) is 2.27. The van der Waals surface area contributed by atoms with Crippen LogP contribution in [0.3, 0.4) is 0 Å². The second kappa shape index (κ2) is 5.08. The number of nitrogen functional groups attached to an aromatic ring is 2. The molecule has 2 aromatic carbocycles. The van der Waals surface area contributed by atoms with Crippen LogP contribution in [0, 0.1) is 0 Å². The molecule has 0 aliphatic heterocycles. The topological polar surface area (TPSA) is 52.0 Å². The first-order chi connectivity index (χ1) is 8.06. The van der Waals surface area contributed by atoms with Crippen LogP contribution in [-0.4, -0.2) is 0 Å². The standard InChI is InChI=1S/C12H10Cl2N2S/c13-9-6-8(2-3-11(9)16)17-12-4-1-7(15)5-10(12)14/h1-6H,15-16H2. The summed E-state index contributed by atoms with van der Waals surface area (Å²) in [6.07, 6.45) is 0. The summed E-state index contributed by atoms with van der Waals surface area (Å²) in [5.74, 6) is 0. The molecule has 0 aliphatic rings. The molecule has 0 saturated carbocycles. The largest absolute Gasteiger partial charge is 0.399 e. The first kappa shape index (κ1) is 12.4. The SMILES string of the molecule is Nc1ccc(Sc2ccc(N)c(Cl)c2)c(Cl)c1. The summed E-state index contributed by atoms with van der Waals surface area (Å²) in [6, 6.07) is 10.9. The molecule has 0 atom stereocenters. The molecule has 0 fully saturated rings. The van der Waals surface area contributed by atoms with Crippen LogP contribution in [0.2, 0.25) is 10.0 Å². The summed E-state index contributed by atoms with van der Waals surface area (Å²) in [7, 11) is 0. The zero-order valence-corrected chi connectivity index (χ0v) is 11.1. The molecule has 0 bridgehead atoms. The van der Waals surface area contributed by atoms with Crippen LogP contribution < -0.4 is 11.5 Å². The molecule has 0 heterocycles. The fourth-order valence-corrected chi connectivity index (χ4v) is 2.71. The Morgan fingerprint density at radius 2 is 1.65 bits per heavy atom. The van der Waals surface area contributed by atoms with Crippen LogP contribution in [0.15, 0.2) is 46.2 Å². The van der Waals surface area contributed by atoms with E-state index in [1.165, 1.54) is 11.8 Å². The van der Waals surface area contributed by atoms with Crippen molar-refractivity contribution in [1.29, 1.82) is 0 Å². The Labute approximate surface area is 114 Å². The van der Waals surface area contributed by atoms with Crippen LogP contribution in [0.1, 0.15) is 0 Å². The molecule has 0 spiro atoms. The van der Waals surface area contributed by atoms with Crippen molar-refractivity contribution in [3.8, 4) is 0 Å². The van der Waals surface area contributed by atoms with E-state index in [0.29, 0.717) is 21.4 Å². The van der Waals surface area contributed by atoms with Crippen molar-refractivity contribution < 1.29 is 0 Å². The van der Waals surface area contributed by atoms with Crippen molar-refractivity contribution in [1.82, 2.24) is 0 Å². The van der Waals surface area contributed by atoms with E-state index in [0.717, 1.165) is 9.79 Å². The third-order valence-electron chi connectivity index (χ3n) is 2.16. The Kier molecular flexibility index (Phi) is 3.72. The highest BCUT2D eigenvalue weighted by Crippen LogP contribution is 2.36. The molecule has 0 saturated heterocycles. The number of hydrogen-bond donors (Lipinski definition) is 2. The van der Waals surface area contributed by atoms with Gasteiger partial charge < -0.3 is 11.5 Å². The van der Waals surface area contributed by atoms with Crippen LogP contribution in [0.5, 0.6) is 0 Å². The summed E-state index contributed by atoms with van der Waals surface area (Å²) >= 11 is 13.6. The summed E-state index contributed by atoms with van der Waals surface area (Å²) in [6.45, 7) is 0. The fourth-order valence-electron chi connectivity index (χ4n) is 1.30. The van der Waals surface area contributed by atoms with E-state index in [4.69, 9.17) is 34.7 Å². The first-order valence-corrected chi connectivity index (χ1v) is 6.41. The van der Waals surface area contributed by atoms with Crippen molar-refractivity contribution in [2.75, 3.05) is 11.5 Å². The maximum atomic E-state index is 6.09. The number of rotatable bonds is 2. The van der Waals surface area contributed by atoms with Gasteiger partial charge in [-0.25, -0.2) is 0 Å². The molecule has 2 rings (SSSR count). The average molecular weight is 285 g/mol. The zero-order valence-electron chi connectivity index (χ0n) is 8.78. The van der Waals surface area contributed by atoms with Crippen LogP contribution in [0.25, 0.3) is 0 Å². The molecule has 0 aromatic heterocycles.